The monoisotopic (exact) mass is 228 g/mol. The van der Waals surface area contributed by atoms with Gasteiger partial charge in [-0.2, -0.15) is 0 Å². The minimum Gasteiger partial charge on any atom is -0.388 e. The number of anilines is 1. The third-order valence-electron chi connectivity index (χ3n) is 2.46. The van der Waals surface area contributed by atoms with E-state index in [2.05, 4.69) is 28.3 Å². The Kier molecular flexibility index (Phi) is 2.90. The van der Waals surface area contributed by atoms with Gasteiger partial charge in [-0.25, -0.2) is 0 Å². The Morgan fingerprint density at radius 2 is 2.40 bits per heavy atom. The number of nitrogens with two attached hydrogens (primary N) is 1. The fourth-order valence-corrected chi connectivity index (χ4v) is 2.22. The summed E-state index contributed by atoms with van der Waals surface area (Å²) in [6.45, 7) is 7.58. The van der Waals surface area contributed by atoms with Crippen LogP contribution in [0.2, 0.25) is 0 Å². The highest BCUT2D eigenvalue weighted by molar-refractivity contribution is 7.09. The van der Waals surface area contributed by atoms with Gasteiger partial charge in [-0.1, -0.05) is 4.49 Å². The Labute approximate surface area is 93.4 Å². The first-order valence-electron chi connectivity index (χ1n) is 5.00. The van der Waals surface area contributed by atoms with Gasteiger partial charge in [-0.3, -0.25) is 4.90 Å². The lowest BCUT2D eigenvalue weighted by molar-refractivity contribution is -0.0884. The zero-order chi connectivity index (χ0) is 10.9. The van der Waals surface area contributed by atoms with E-state index in [1.165, 1.54) is 11.5 Å². The van der Waals surface area contributed by atoms with E-state index in [0.717, 1.165) is 36.9 Å². The van der Waals surface area contributed by atoms with Crippen LogP contribution in [-0.2, 0) is 11.3 Å². The predicted octanol–water partition coefficient (Wildman–Crippen LogP) is 0.731. The van der Waals surface area contributed by atoms with Gasteiger partial charge in [-0.05, 0) is 13.8 Å². The van der Waals surface area contributed by atoms with Crippen molar-refractivity contribution in [3.63, 3.8) is 0 Å². The molecule has 1 saturated heterocycles. The van der Waals surface area contributed by atoms with E-state index in [1.807, 2.05) is 0 Å². The molecule has 1 aliphatic heterocycles. The molecule has 0 unspecified atom stereocenters. The highest BCUT2D eigenvalue weighted by atomic mass is 32.1. The summed E-state index contributed by atoms with van der Waals surface area (Å²) in [4.78, 5) is 2.30. The number of nitrogen functional groups attached to an aromatic ring is 1. The summed E-state index contributed by atoms with van der Waals surface area (Å²) >= 11 is 1.25. The van der Waals surface area contributed by atoms with E-state index in [1.54, 1.807) is 0 Å². The Balaban J connectivity index is 1.98. The summed E-state index contributed by atoms with van der Waals surface area (Å²) in [6, 6.07) is 0. The standard InChI is InChI=1S/C9H16N4OS/c1-9(2)6-13(3-4-14-9)5-7-8(10)15-12-11-7/h3-6,10H2,1-2H3. The normalized spacial score (nSPS) is 21.7. The highest BCUT2D eigenvalue weighted by Crippen LogP contribution is 2.20. The summed E-state index contributed by atoms with van der Waals surface area (Å²) in [5.41, 5.74) is 6.57. The van der Waals surface area contributed by atoms with Crippen LogP contribution < -0.4 is 5.73 Å². The average molecular weight is 228 g/mol. The first-order chi connectivity index (χ1) is 7.07. The molecule has 1 aliphatic rings. The van der Waals surface area contributed by atoms with Crippen molar-refractivity contribution in [2.75, 3.05) is 25.4 Å². The zero-order valence-corrected chi connectivity index (χ0v) is 9.88. The van der Waals surface area contributed by atoms with E-state index in [0.29, 0.717) is 0 Å². The van der Waals surface area contributed by atoms with Crippen LogP contribution in [0.3, 0.4) is 0 Å². The lowest BCUT2D eigenvalue weighted by Gasteiger charge is -2.37. The number of rotatable bonds is 2. The van der Waals surface area contributed by atoms with Gasteiger partial charge in [-0.15, -0.1) is 5.10 Å². The molecule has 84 valence electrons. The van der Waals surface area contributed by atoms with E-state index < -0.39 is 0 Å². The van der Waals surface area contributed by atoms with Crippen molar-refractivity contribution < 1.29 is 4.74 Å². The Morgan fingerprint density at radius 1 is 1.60 bits per heavy atom. The molecule has 2 N–H and O–H groups in total. The molecule has 0 spiro atoms. The first kappa shape index (κ1) is 10.8. The van der Waals surface area contributed by atoms with Crippen LogP contribution in [0.4, 0.5) is 5.00 Å². The van der Waals surface area contributed by atoms with Gasteiger partial charge in [0.15, 0.2) is 0 Å². The summed E-state index contributed by atoms with van der Waals surface area (Å²) in [5.74, 6) is 0. The molecule has 1 aromatic heterocycles. The molecule has 2 rings (SSSR count). The maximum Gasteiger partial charge on any atom is 0.132 e. The number of morpholine rings is 1. The van der Waals surface area contributed by atoms with Crippen molar-refractivity contribution in [1.82, 2.24) is 14.5 Å². The van der Waals surface area contributed by atoms with Crippen LogP contribution in [-0.4, -0.2) is 39.8 Å². The second-order valence-corrected chi connectivity index (χ2v) is 5.19. The molecule has 0 aromatic carbocycles. The number of hydrogen-bond donors (Lipinski definition) is 1. The maximum absolute atomic E-state index is 5.76. The van der Waals surface area contributed by atoms with Gasteiger partial charge < -0.3 is 10.5 Å². The molecule has 0 amide bonds. The molecule has 0 bridgehead atoms. The van der Waals surface area contributed by atoms with Gasteiger partial charge in [0.2, 0.25) is 0 Å². The molecule has 5 nitrogen and oxygen atoms in total. The molecule has 0 saturated carbocycles. The lowest BCUT2D eigenvalue weighted by Crippen LogP contribution is -2.47. The fraction of sp³-hybridized carbons (Fsp3) is 0.778. The van der Waals surface area contributed by atoms with Crippen molar-refractivity contribution >= 4 is 16.5 Å². The van der Waals surface area contributed by atoms with Crippen LogP contribution in [0.5, 0.6) is 0 Å². The van der Waals surface area contributed by atoms with Gasteiger partial charge >= 0.3 is 0 Å². The van der Waals surface area contributed by atoms with Gasteiger partial charge in [0.1, 0.15) is 10.7 Å². The van der Waals surface area contributed by atoms with Crippen molar-refractivity contribution in [2.45, 2.75) is 26.0 Å². The largest absolute Gasteiger partial charge is 0.388 e. The van der Waals surface area contributed by atoms with Gasteiger partial charge in [0, 0.05) is 31.2 Å². The zero-order valence-electron chi connectivity index (χ0n) is 9.06. The second-order valence-electron chi connectivity index (χ2n) is 4.40. The average Bonchev–Trinajstić information content (AvgIpc) is 2.50. The molecule has 1 aromatic rings. The van der Waals surface area contributed by atoms with Crippen molar-refractivity contribution in [2.24, 2.45) is 0 Å². The van der Waals surface area contributed by atoms with Crippen LogP contribution in [0.25, 0.3) is 0 Å². The smallest absolute Gasteiger partial charge is 0.132 e. The summed E-state index contributed by atoms with van der Waals surface area (Å²) in [5, 5.41) is 4.74. The number of nitrogens with zero attached hydrogens (tertiary/aromatic N) is 3. The molecule has 1 fully saturated rings. The minimum atomic E-state index is -0.0730. The molecule has 0 atom stereocenters. The second kappa shape index (κ2) is 4.03. The number of hydrogen-bond acceptors (Lipinski definition) is 6. The molecule has 15 heavy (non-hydrogen) atoms. The highest BCUT2D eigenvalue weighted by Gasteiger charge is 2.27. The summed E-state index contributed by atoms with van der Waals surface area (Å²) in [6.07, 6.45) is 0. The minimum absolute atomic E-state index is 0.0730. The molecule has 0 radical (unpaired) electrons. The Morgan fingerprint density at radius 3 is 3.00 bits per heavy atom. The first-order valence-corrected chi connectivity index (χ1v) is 5.77. The summed E-state index contributed by atoms with van der Waals surface area (Å²) in [7, 11) is 0. The molecule has 0 aliphatic carbocycles. The van der Waals surface area contributed by atoms with Crippen molar-refractivity contribution in [1.29, 1.82) is 0 Å². The third-order valence-corrected chi connectivity index (χ3v) is 3.06. The Hall–Kier alpha value is -0.720. The molecular weight excluding hydrogens is 212 g/mol. The summed E-state index contributed by atoms with van der Waals surface area (Å²) < 4.78 is 9.47. The van der Waals surface area contributed by atoms with E-state index in [4.69, 9.17) is 10.5 Å². The topological polar surface area (TPSA) is 64.3 Å². The molecule has 2 heterocycles. The van der Waals surface area contributed by atoms with Crippen LogP contribution >= 0.6 is 11.5 Å². The fourth-order valence-electron chi connectivity index (χ4n) is 1.79. The van der Waals surface area contributed by atoms with Crippen molar-refractivity contribution in [3.8, 4) is 0 Å². The van der Waals surface area contributed by atoms with Crippen molar-refractivity contribution in [3.05, 3.63) is 5.69 Å². The van der Waals surface area contributed by atoms with Crippen LogP contribution in [0.15, 0.2) is 0 Å². The third kappa shape index (κ3) is 2.64. The molecule has 6 heteroatoms. The number of ether oxygens (including phenoxy) is 1. The lowest BCUT2D eigenvalue weighted by atomic mass is 10.1. The SMILES string of the molecule is CC1(C)CN(Cc2nnsc2N)CCO1. The van der Waals surface area contributed by atoms with E-state index >= 15 is 0 Å². The van der Waals surface area contributed by atoms with Crippen LogP contribution in [0, 0.1) is 0 Å². The van der Waals surface area contributed by atoms with E-state index in [9.17, 15) is 0 Å². The Bertz CT molecular complexity index is 339. The number of aromatic nitrogens is 2. The van der Waals surface area contributed by atoms with Gasteiger partial charge in [0.05, 0.1) is 12.2 Å². The van der Waals surface area contributed by atoms with Crippen LogP contribution in [0.1, 0.15) is 19.5 Å². The predicted molar refractivity (Wildman–Crippen MR) is 59.6 cm³/mol. The van der Waals surface area contributed by atoms with Gasteiger partial charge in [0.25, 0.3) is 0 Å². The van der Waals surface area contributed by atoms with E-state index in [-0.39, 0.29) is 5.60 Å². The molecular formula is C9H16N4OS. The maximum atomic E-state index is 5.76. The quantitative estimate of drug-likeness (QED) is 0.808.